The van der Waals surface area contributed by atoms with Crippen molar-refractivity contribution in [2.75, 3.05) is 12.4 Å². The zero-order valence-corrected chi connectivity index (χ0v) is 12.5. The minimum absolute atomic E-state index is 0.443. The van der Waals surface area contributed by atoms with Crippen molar-refractivity contribution >= 4 is 33.0 Å². The summed E-state index contributed by atoms with van der Waals surface area (Å²) in [6.45, 7) is 2.00. The standard InChI is InChI=1S/C13H12BrN5O/c1-7-5-8(3-4-9(7)14)20-12-10-11(17-6-16-10)18-13(15-2)19-12/h3-6H,1-2H3,(H2,15,16,17,18,19). The van der Waals surface area contributed by atoms with Gasteiger partial charge in [0.25, 0.3) is 5.88 Å². The van der Waals surface area contributed by atoms with Gasteiger partial charge in [-0.05, 0) is 30.7 Å². The summed E-state index contributed by atoms with van der Waals surface area (Å²) in [6, 6.07) is 5.75. The van der Waals surface area contributed by atoms with Gasteiger partial charge >= 0.3 is 0 Å². The van der Waals surface area contributed by atoms with Gasteiger partial charge in [-0.25, -0.2) is 4.98 Å². The van der Waals surface area contributed by atoms with Crippen LogP contribution in [0.3, 0.4) is 0 Å². The molecule has 0 spiro atoms. The molecule has 7 heteroatoms. The summed E-state index contributed by atoms with van der Waals surface area (Å²) in [4.78, 5) is 15.7. The highest BCUT2D eigenvalue weighted by Gasteiger charge is 2.11. The van der Waals surface area contributed by atoms with E-state index >= 15 is 0 Å². The second-order valence-corrected chi connectivity index (χ2v) is 5.07. The van der Waals surface area contributed by atoms with Gasteiger partial charge in [0.1, 0.15) is 11.3 Å². The van der Waals surface area contributed by atoms with E-state index in [0.29, 0.717) is 28.7 Å². The van der Waals surface area contributed by atoms with E-state index in [4.69, 9.17) is 4.74 Å². The van der Waals surface area contributed by atoms with E-state index in [1.165, 1.54) is 0 Å². The molecule has 3 aromatic rings. The average Bonchev–Trinajstić information content (AvgIpc) is 2.91. The lowest BCUT2D eigenvalue weighted by molar-refractivity contribution is 0.467. The third-order valence-corrected chi connectivity index (χ3v) is 3.71. The Balaban J connectivity index is 2.04. The van der Waals surface area contributed by atoms with Crippen LogP contribution in [0.2, 0.25) is 0 Å². The monoisotopic (exact) mass is 333 g/mol. The molecule has 3 rings (SSSR count). The Morgan fingerprint density at radius 3 is 2.90 bits per heavy atom. The number of aromatic nitrogens is 4. The zero-order valence-electron chi connectivity index (χ0n) is 10.9. The first-order chi connectivity index (χ1) is 9.67. The van der Waals surface area contributed by atoms with Crippen molar-refractivity contribution in [2.24, 2.45) is 0 Å². The van der Waals surface area contributed by atoms with Gasteiger partial charge in [-0.1, -0.05) is 15.9 Å². The Kier molecular flexibility index (Phi) is 3.27. The molecule has 0 unspecified atom stereocenters. The molecule has 20 heavy (non-hydrogen) atoms. The quantitative estimate of drug-likeness (QED) is 0.769. The number of halogens is 1. The third kappa shape index (κ3) is 2.32. The highest BCUT2D eigenvalue weighted by molar-refractivity contribution is 9.10. The van der Waals surface area contributed by atoms with E-state index in [2.05, 4.69) is 41.2 Å². The number of anilines is 1. The first kappa shape index (κ1) is 12.9. The number of nitrogens with one attached hydrogen (secondary N) is 2. The molecule has 2 heterocycles. The number of nitrogens with zero attached hydrogens (tertiary/aromatic N) is 3. The molecular weight excluding hydrogens is 322 g/mol. The molecule has 0 bridgehead atoms. The van der Waals surface area contributed by atoms with E-state index in [9.17, 15) is 0 Å². The molecule has 2 aromatic heterocycles. The zero-order chi connectivity index (χ0) is 14.1. The molecule has 6 nitrogen and oxygen atoms in total. The van der Waals surface area contributed by atoms with Gasteiger partial charge in [0.15, 0.2) is 5.65 Å². The number of hydrogen-bond donors (Lipinski definition) is 2. The lowest BCUT2D eigenvalue weighted by Crippen LogP contribution is -1.99. The van der Waals surface area contributed by atoms with Crippen LogP contribution in [0.1, 0.15) is 5.56 Å². The summed E-state index contributed by atoms with van der Waals surface area (Å²) < 4.78 is 6.88. The lowest BCUT2D eigenvalue weighted by Gasteiger charge is -2.08. The van der Waals surface area contributed by atoms with Crippen molar-refractivity contribution in [1.29, 1.82) is 0 Å². The Labute approximate surface area is 123 Å². The molecule has 0 atom stereocenters. The minimum atomic E-state index is 0.443. The summed E-state index contributed by atoms with van der Waals surface area (Å²) in [6.07, 6.45) is 1.57. The van der Waals surface area contributed by atoms with E-state index in [0.717, 1.165) is 10.0 Å². The smallest absolute Gasteiger partial charge is 0.250 e. The largest absolute Gasteiger partial charge is 0.437 e. The van der Waals surface area contributed by atoms with Gasteiger partial charge in [0, 0.05) is 11.5 Å². The first-order valence-electron chi connectivity index (χ1n) is 6.00. The maximum atomic E-state index is 5.85. The summed E-state index contributed by atoms with van der Waals surface area (Å²) >= 11 is 3.46. The minimum Gasteiger partial charge on any atom is -0.437 e. The summed E-state index contributed by atoms with van der Waals surface area (Å²) in [5, 5.41) is 2.89. The number of imidazole rings is 1. The van der Waals surface area contributed by atoms with Crippen molar-refractivity contribution in [3.63, 3.8) is 0 Å². The van der Waals surface area contributed by atoms with E-state index in [-0.39, 0.29) is 0 Å². The number of H-pyrrole nitrogens is 1. The van der Waals surface area contributed by atoms with Crippen LogP contribution in [0.15, 0.2) is 29.0 Å². The third-order valence-electron chi connectivity index (χ3n) is 2.82. The van der Waals surface area contributed by atoms with Gasteiger partial charge in [-0.2, -0.15) is 9.97 Å². The van der Waals surface area contributed by atoms with Crippen LogP contribution in [0.4, 0.5) is 5.95 Å². The number of fused-ring (bicyclic) bond motifs is 1. The number of benzene rings is 1. The summed E-state index contributed by atoms with van der Waals surface area (Å²) in [7, 11) is 1.75. The number of ether oxygens (including phenoxy) is 1. The molecule has 0 fully saturated rings. The summed E-state index contributed by atoms with van der Waals surface area (Å²) in [5.74, 6) is 1.62. The van der Waals surface area contributed by atoms with E-state index in [1.54, 1.807) is 13.4 Å². The Morgan fingerprint density at radius 2 is 2.15 bits per heavy atom. The molecule has 0 aliphatic rings. The van der Waals surface area contributed by atoms with Crippen molar-refractivity contribution in [2.45, 2.75) is 6.92 Å². The highest BCUT2D eigenvalue weighted by Crippen LogP contribution is 2.28. The van der Waals surface area contributed by atoms with Crippen LogP contribution < -0.4 is 10.1 Å². The van der Waals surface area contributed by atoms with Gasteiger partial charge in [0.2, 0.25) is 5.95 Å². The molecule has 0 amide bonds. The number of aromatic amines is 1. The number of rotatable bonds is 3. The maximum absolute atomic E-state index is 5.85. The second kappa shape index (κ2) is 5.09. The van der Waals surface area contributed by atoms with Gasteiger partial charge in [0.05, 0.1) is 6.33 Å². The van der Waals surface area contributed by atoms with Crippen LogP contribution in [-0.4, -0.2) is 27.0 Å². The molecule has 0 aliphatic carbocycles. The molecule has 0 radical (unpaired) electrons. The van der Waals surface area contributed by atoms with Gasteiger partial charge < -0.3 is 15.0 Å². The predicted octanol–water partition coefficient (Wildman–Crippen LogP) is 3.26. The average molecular weight is 334 g/mol. The van der Waals surface area contributed by atoms with Gasteiger partial charge in [-0.3, -0.25) is 0 Å². The molecule has 0 saturated carbocycles. The van der Waals surface area contributed by atoms with Crippen molar-refractivity contribution in [3.8, 4) is 11.6 Å². The predicted molar refractivity (Wildman–Crippen MR) is 80.2 cm³/mol. The molecular formula is C13H12BrN5O. The van der Waals surface area contributed by atoms with Gasteiger partial charge in [-0.15, -0.1) is 0 Å². The Morgan fingerprint density at radius 1 is 1.30 bits per heavy atom. The number of aryl methyl sites for hydroxylation is 1. The van der Waals surface area contributed by atoms with E-state index in [1.807, 2.05) is 25.1 Å². The number of hydrogen-bond acceptors (Lipinski definition) is 5. The topological polar surface area (TPSA) is 75.7 Å². The second-order valence-electron chi connectivity index (χ2n) is 4.22. The van der Waals surface area contributed by atoms with Crippen LogP contribution in [0.25, 0.3) is 11.2 Å². The fraction of sp³-hybridized carbons (Fsp3) is 0.154. The lowest BCUT2D eigenvalue weighted by atomic mass is 10.2. The fourth-order valence-electron chi connectivity index (χ4n) is 1.78. The van der Waals surface area contributed by atoms with Crippen LogP contribution >= 0.6 is 15.9 Å². The fourth-order valence-corrected chi connectivity index (χ4v) is 2.03. The summed E-state index contributed by atoms with van der Waals surface area (Å²) in [5.41, 5.74) is 2.32. The van der Waals surface area contributed by atoms with Crippen LogP contribution in [-0.2, 0) is 0 Å². The molecule has 0 saturated heterocycles. The molecule has 0 aliphatic heterocycles. The van der Waals surface area contributed by atoms with Crippen molar-refractivity contribution in [3.05, 3.63) is 34.6 Å². The van der Waals surface area contributed by atoms with Crippen LogP contribution in [0.5, 0.6) is 11.6 Å². The normalized spacial score (nSPS) is 10.8. The van der Waals surface area contributed by atoms with Crippen LogP contribution in [0, 0.1) is 6.92 Å². The van der Waals surface area contributed by atoms with E-state index < -0.39 is 0 Å². The molecule has 102 valence electrons. The van der Waals surface area contributed by atoms with Crippen molar-refractivity contribution < 1.29 is 4.74 Å². The van der Waals surface area contributed by atoms with Crippen molar-refractivity contribution in [1.82, 2.24) is 19.9 Å². The molecule has 2 N–H and O–H groups in total. The highest BCUT2D eigenvalue weighted by atomic mass is 79.9. The Hall–Kier alpha value is -2.15. The Bertz CT molecular complexity index is 771. The first-order valence-corrected chi connectivity index (χ1v) is 6.79. The SMILES string of the molecule is CNc1nc(Oc2ccc(Br)c(C)c2)c2[nH]cnc2n1. The maximum Gasteiger partial charge on any atom is 0.250 e. The molecule has 1 aromatic carbocycles.